The summed E-state index contributed by atoms with van der Waals surface area (Å²) in [6.45, 7) is -0.766. The van der Waals surface area contributed by atoms with E-state index >= 15 is 0 Å². The first-order valence-electron chi connectivity index (χ1n) is 12.0. The topological polar surface area (TPSA) is 148 Å². The van der Waals surface area contributed by atoms with Gasteiger partial charge in [-0.05, 0) is 55.5 Å². The van der Waals surface area contributed by atoms with Crippen LogP contribution in [0.3, 0.4) is 0 Å². The van der Waals surface area contributed by atoms with Crippen molar-refractivity contribution >= 4 is 34.3 Å². The van der Waals surface area contributed by atoms with Gasteiger partial charge < -0.3 is 20.9 Å². The maximum Gasteiger partial charge on any atom is 0.416 e. The van der Waals surface area contributed by atoms with Gasteiger partial charge in [0.25, 0.3) is 0 Å². The molecule has 3 rings (SSSR count). The highest BCUT2D eigenvalue weighted by molar-refractivity contribution is 7.89. The van der Waals surface area contributed by atoms with Crippen molar-refractivity contribution in [2.24, 2.45) is 11.7 Å². The first-order valence-corrected chi connectivity index (χ1v) is 13.5. The molecule has 9 nitrogen and oxygen atoms in total. The molecule has 1 fully saturated rings. The van der Waals surface area contributed by atoms with Crippen LogP contribution in [0.15, 0.2) is 59.5 Å². The van der Waals surface area contributed by atoms with Crippen LogP contribution in [0, 0.1) is 5.92 Å². The summed E-state index contributed by atoms with van der Waals surface area (Å²) in [5.74, 6) is -1.50. The van der Waals surface area contributed by atoms with Crippen LogP contribution in [0.4, 0.5) is 13.2 Å². The van der Waals surface area contributed by atoms with Crippen molar-refractivity contribution in [1.82, 2.24) is 10.0 Å². The number of aliphatic hydroxyl groups excluding tert-OH is 1. The molecule has 0 spiro atoms. The fraction of sp³-hybridized carbons (Fsp3) is 0.440. The summed E-state index contributed by atoms with van der Waals surface area (Å²) in [6.07, 6.45) is -3.10. The van der Waals surface area contributed by atoms with E-state index < -0.39 is 58.4 Å². The molecule has 0 bridgehead atoms. The Morgan fingerprint density at radius 1 is 1.03 bits per heavy atom. The Kier molecular flexibility index (Phi) is 11.7. The SMILES string of the molecule is Cl.N[C@@H](CO)C(=O)OC[C@@H](NC(=O)[C@H]1CC[C@H](NS(=O)(=O)c2ccc(C(F)(F)F)cc2)CC1)c1ccccc1. The molecule has 0 aromatic heterocycles. The third kappa shape index (κ3) is 9.17. The monoisotopic (exact) mass is 593 g/mol. The minimum absolute atomic E-state index is 0. The molecular weight excluding hydrogens is 563 g/mol. The molecule has 1 amide bonds. The van der Waals surface area contributed by atoms with Crippen molar-refractivity contribution in [2.45, 2.75) is 54.9 Å². The summed E-state index contributed by atoms with van der Waals surface area (Å²) < 4.78 is 71.2. The summed E-state index contributed by atoms with van der Waals surface area (Å²) in [7, 11) is -4.03. The predicted molar refractivity (Wildman–Crippen MR) is 138 cm³/mol. The lowest BCUT2D eigenvalue weighted by Gasteiger charge is -2.29. The second-order valence-electron chi connectivity index (χ2n) is 9.08. The number of rotatable bonds is 10. The molecule has 2 atom stereocenters. The van der Waals surface area contributed by atoms with E-state index in [0.29, 0.717) is 43.4 Å². The normalized spacial score (nSPS) is 19.3. The molecule has 1 aliphatic carbocycles. The average Bonchev–Trinajstić information content (AvgIpc) is 2.90. The van der Waals surface area contributed by atoms with Crippen molar-refractivity contribution in [1.29, 1.82) is 0 Å². The van der Waals surface area contributed by atoms with Crippen LogP contribution >= 0.6 is 12.4 Å². The lowest BCUT2D eigenvalue weighted by Crippen LogP contribution is -2.43. The molecule has 0 radical (unpaired) electrons. The smallest absolute Gasteiger partial charge is 0.416 e. The molecule has 14 heteroatoms. The zero-order chi connectivity index (χ0) is 27.9. The Morgan fingerprint density at radius 3 is 2.15 bits per heavy atom. The summed E-state index contributed by atoms with van der Waals surface area (Å²) in [5.41, 5.74) is 5.23. The molecule has 0 aliphatic heterocycles. The van der Waals surface area contributed by atoms with Gasteiger partial charge in [0.1, 0.15) is 12.6 Å². The van der Waals surface area contributed by atoms with Gasteiger partial charge in [-0.2, -0.15) is 13.2 Å². The number of ether oxygens (including phenoxy) is 1. The molecule has 0 heterocycles. The number of amides is 1. The van der Waals surface area contributed by atoms with E-state index in [2.05, 4.69) is 10.0 Å². The molecule has 39 heavy (non-hydrogen) atoms. The molecule has 5 N–H and O–H groups in total. The summed E-state index contributed by atoms with van der Waals surface area (Å²) in [5, 5.41) is 11.9. The van der Waals surface area contributed by atoms with Gasteiger partial charge >= 0.3 is 12.1 Å². The van der Waals surface area contributed by atoms with Gasteiger partial charge in [0.05, 0.1) is 23.1 Å². The first-order chi connectivity index (χ1) is 17.9. The third-order valence-corrected chi connectivity index (χ3v) is 7.86. The highest BCUT2D eigenvalue weighted by Gasteiger charge is 2.33. The first kappa shape index (κ1) is 32.5. The molecule has 2 aromatic carbocycles. The van der Waals surface area contributed by atoms with Crippen LogP contribution in [0.2, 0.25) is 0 Å². The average molecular weight is 594 g/mol. The summed E-state index contributed by atoms with van der Waals surface area (Å²) in [4.78, 5) is 24.6. The van der Waals surface area contributed by atoms with Crippen molar-refractivity contribution in [2.75, 3.05) is 13.2 Å². The maximum atomic E-state index is 13.0. The van der Waals surface area contributed by atoms with Gasteiger partial charge in [-0.15, -0.1) is 12.4 Å². The van der Waals surface area contributed by atoms with Gasteiger partial charge in [-0.25, -0.2) is 13.1 Å². The Labute approximate surface area is 230 Å². The predicted octanol–water partition coefficient (Wildman–Crippen LogP) is 2.68. The second-order valence-corrected chi connectivity index (χ2v) is 10.8. The van der Waals surface area contributed by atoms with Crippen LogP contribution in [-0.2, 0) is 30.5 Å². The maximum absolute atomic E-state index is 13.0. The number of nitrogens with one attached hydrogen (secondary N) is 2. The van der Waals surface area contributed by atoms with Crippen LogP contribution < -0.4 is 15.8 Å². The zero-order valence-electron chi connectivity index (χ0n) is 20.8. The van der Waals surface area contributed by atoms with Crippen LogP contribution in [0.5, 0.6) is 0 Å². The third-order valence-electron chi connectivity index (χ3n) is 6.32. The van der Waals surface area contributed by atoms with Crippen molar-refractivity contribution in [3.05, 3.63) is 65.7 Å². The standard InChI is InChI=1S/C25H30F3N3O6S.ClH/c26-25(27,28)18-8-12-20(13-9-18)38(35,36)31-19-10-6-17(7-11-19)23(33)30-22(16-4-2-1-3-5-16)15-37-24(34)21(29)14-32;/h1-5,8-9,12-13,17,19,21-22,31-32H,6-7,10-11,14-15,29H2,(H,30,33);1H/t17-,19-,21-,22+;/m0./s1. The molecule has 0 unspecified atom stereocenters. The zero-order valence-corrected chi connectivity index (χ0v) is 22.4. The van der Waals surface area contributed by atoms with Gasteiger partial charge in [-0.1, -0.05) is 30.3 Å². The number of hydrogen-bond acceptors (Lipinski definition) is 7. The molecule has 1 aliphatic rings. The number of esters is 1. The van der Waals surface area contributed by atoms with Gasteiger partial charge in [0.2, 0.25) is 15.9 Å². The minimum atomic E-state index is -4.57. The van der Waals surface area contributed by atoms with Crippen LogP contribution in [-0.4, -0.2) is 50.7 Å². The van der Waals surface area contributed by atoms with Crippen LogP contribution in [0.1, 0.15) is 42.9 Å². The van der Waals surface area contributed by atoms with E-state index in [0.717, 1.165) is 12.1 Å². The number of aliphatic hydroxyl groups is 1. The Bertz CT molecular complexity index is 1190. The number of hydrogen-bond donors (Lipinski definition) is 4. The number of carbonyl (C=O) groups excluding carboxylic acids is 2. The summed E-state index contributed by atoms with van der Waals surface area (Å²) in [6, 6.07) is 9.78. The lowest BCUT2D eigenvalue weighted by molar-refractivity contribution is -0.147. The quantitative estimate of drug-likeness (QED) is 0.310. The molecule has 216 valence electrons. The molecular formula is C25H31ClF3N3O6S. The fourth-order valence-corrected chi connectivity index (χ4v) is 5.43. The second kappa shape index (κ2) is 14.1. The number of benzene rings is 2. The number of carbonyl (C=O) groups is 2. The largest absolute Gasteiger partial charge is 0.462 e. The van der Waals surface area contributed by atoms with Crippen molar-refractivity contribution in [3.63, 3.8) is 0 Å². The van der Waals surface area contributed by atoms with E-state index in [1.54, 1.807) is 30.3 Å². The van der Waals surface area contributed by atoms with E-state index in [4.69, 9.17) is 15.6 Å². The Balaban J connectivity index is 0.00000533. The number of nitrogens with two attached hydrogens (primary N) is 1. The summed E-state index contributed by atoms with van der Waals surface area (Å²) >= 11 is 0. The van der Waals surface area contributed by atoms with Gasteiger partial charge in [-0.3, -0.25) is 9.59 Å². The van der Waals surface area contributed by atoms with E-state index in [9.17, 15) is 31.2 Å². The minimum Gasteiger partial charge on any atom is -0.462 e. The molecule has 1 saturated carbocycles. The molecule has 0 saturated heterocycles. The number of sulfonamides is 1. The van der Waals surface area contributed by atoms with E-state index in [-0.39, 0.29) is 29.8 Å². The highest BCUT2D eigenvalue weighted by atomic mass is 35.5. The lowest BCUT2D eigenvalue weighted by atomic mass is 9.85. The number of alkyl halides is 3. The number of halogens is 4. The van der Waals surface area contributed by atoms with Gasteiger partial charge in [0.15, 0.2) is 0 Å². The molecule has 2 aromatic rings. The fourth-order valence-electron chi connectivity index (χ4n) is 4.13. The van der Waals surface area contributed by atoms with Crippen LogP contribution in [0.25, 0.3) is 0 Å². The van der Waals surface area contributed by atoms with E-state index in [1.165, 1.54) is 0 Å². The van der Waals surface area contributed by atoms with Crippen molar-refractivity contribution in [3.8, 4) is 0 Å². The van der Waals surface area contributed by atoms with Gasteiger partial charge in [0, 0.05) is 12.0 Å². The Hall–Kier alpha value is -2.71. The highest BCUT2D eigenvalue weighted by Crippen LogP contribution is 2.30. The Morgan fingerprint density at radius 2 is 1.62 bits per heavy atom. The van der Waals surface area contributed by atoms with E-state index in [1.807, 2.05) is 0 Å². The van der Waals surface area contributed by atoms with Crippen molar-refractivity contribution < 1.29 is 41.0 Å².